The number of rotatable bonds is 6. The molecule has 0 spiro atoms. The Hall–Kier alpha value is -2.76. The van der Waals surface area contributed by atoms with Gasteiger partial charge in [-0.15, -0.1) is 0 Å². The van der Waals surface area contributed by atoms with E-state index in [4.69, 9.17) is 0 Å². The number of aromatic nitrogens is 5. The molecule has 0 unspecified atom stereocenters. The number of hydrogen-bond donors (Lipinski definition) is 2. The fourth-order valence-corrected chi connectivity index (χ4v) is 2.14. The fourth-order valence-electron chi connectivity index (χ4n) is 2.14. The Labute approximate surface area is 129 Å². The van der Waals surface area contributed by atoms with E-state index in [2.05, 4.69) is 42.6 Å². The van der Waals surface area contributed by atoms with Crippen molar-refractivity contribution in [2.24, 2.45) is 0 Å². The van der Waals surface area contributed by atoms with E-state index < -0.39 is 0 Å². The van der Waals surface area contributed by atoms with E-state index in [1.165, 1.54) is 5.56 Å². The highest BCUT2D eigenvalue weighted by molar-refractivity contribution is 5.52. The van der Waals surface area contributed by atoms with Crippen LogP contribution in [0.25, 0.3) is 11.4 Å². The largest absolute Gasteiger partial charge is 0.355 e. The van der Waals surface area contributed by atoms with Crippen LogP contribution in [-0.2, 0) is 12.8 Å². The van der Waals surface area contributed by atoms with Crippen molar-refractivity contribution in [2.45, 2.75) is 19.8 Å². The summed E-state index contributed by atoms with van der Waals surface area (Å²) in [6.45, 7) is 2.80. The molecule has 0 atom stereocenters. The first-order valence-electron chi connectivity index (χ1n) is 7.36. The predicted octanol–water partition coefficient (Wildman–Crippen LogP) is 2.48. The van der Waals surface area contributed by atoms with Gasteiger partial charge in [0, 0.05) is 25.4 Å². The van der Waals surface area contributed by atoms with Crippen LogP contribution in [0, 0.1) is 0 Å². The molecular weight excluding hydrogens is 276 g/mol. The molecule has 6 nitrogen and oxygen atoms in total. The van der Waals surface area contributed by atoms with Gasteiger partial charge in [0.25, 0.3) is 0 Å². The Morgan fingerprint density at radius 3 is 2.55 bits per heavy atom. The summed E-state index contributed by atoms with van der Waals surface area (Å²) in [4.78, 5) is 13.0. The summed E-state index contributed by atoms with van der Waals surface area (Å²) in [5.41, 5.74) is 2.10. The summed E-state index contributed by atoms with van der Waals surface area (Å²) in [5.74, 6) is 2.12. The molecule has 0 bridgehead atoms. The Morgan fingerprint density at radius 1 is 1.05 bits per heavy atom. The van der Waals surface area contributed by atoms with Gasteiger partial charge >= 0.3 is 0 Å². The lowest BCUT2D eigenvalue weighted by atomic mass is 10.1. The van der Waals surface area contributed by atoms with Crippen LogP contribution >= 0.6 is 0 Å². The van der Waals surface area contributed by atoms with Crippen LogP contribution in [0.4, 0.5) is 5.95 Å². The summed E-state index contributed by atoms with van der Waals surface area (Å²) < 4.78 is 0. The van der Waals surface area contributed by atoms with Crippen molar-refractivity contribution in [2.75, 3.05) is 11.9 Å². The molecule has 0 amide bonds. The number of H-pyrrole nitrogens is 1. The second-order valence-corrected chi connectivity index (χ2v) is 4.92. The highest BCUT2D eigenvalue weighted by Crippen LogP contribution is 2.14. The van der Waals surface area contributed by atoms with Gasteiger partial charge in [-0.1, -0.05) is 30.3 Å². The summed E-state index contributed by atoms with van der Waals surface area (Å²) in [7, 11) is 0. The first kappa shape index (κ1) is 14.2. The van der Waals surface area contributed by atoms with Crippen molar-refractivity contribution < 1.29 is 0 Å². The van der Waals surface area contributed by atoms with E-state index in [0.717, 1.165) is 30.8 Å². The Kier molecular flexibility index (Phi) is 4.38. The van der Waals surface area contributed by atoms with Crippen molar-refractivity contribution in [3.05, 3.63) is 54.1 Å². The summed E-state index contributed by atoms with van der Waals surface area (Å²) >= 11 is 0. The lowest BCUT2D eigenvalue weighted by Crippen LogP contribution is -2.01. The van der Waals surface area contributed by atoms with Crippen molar-refractivity contribution in [3.63, 3.8) is 0 Å². The van der Waals surface area contributed by atoms with Crippen LogP contribution in [0.2, 0.25) is 0 Å². The molecule has 6 heteroatoms. The van der Waals surface area contributed by atoms with Crippen LogP contribution in [0.3, 0.4) is 0 Å². The number of aromatic amines is 1. The third-order valence-corrected chi connectivity index (χ3v) is 3.27. The molecular formula is C16H18N6. The number of hydrogen-bond acceptors (Lipinski definition) is 5. The minimum Gasteiger partial charge on any atom is -0.355 e. The fraction of sp³-hybridized carbons (Fsp3) is 0.250. The molecule has 0 aliphatic heterocycles. The molecule has 0 saturated heterocycles. The normalized spacial score (nSPS) is 10.6. The van der Waals surface area contributed by atoms with Crippen LogP contribution < -0.4 is 5.32 Å². The van der Waals surface area contributed by atoms with Gasteiger partial charge in [0.1, 0.15) is 5.82 Å². The zero-order valence-electron chi connectivity index (χ0n) is 12.5. The smallest absolute Gasteiger partial charge is 0.222 e. The second kappa shape index (κ2) is 6.80. The van der Waals surface area contributed by atoms with Crippen molar-refractivity contribution >= 4 is 5.95 Å². The van der Waals surface area contributed by atoms with Crippen molar-refractivity contribution in [3.8, 4) is 11.4 Å². The standard InChI is InChI=1S/C16H18N6/c1-2-17-16-18-10-13(11-19-16)15-20-14(21-22-15)9-8-12-6-4-3-5-7-12/h3-7,10-11H,2,8-9H2,1H3,(H,17,18,19)(H,20,21,22). The number of anilines is 1. The van der Waals surface area contributed by atoms with Crippen LogP contribution in [-0.4, -0.2) is 31.7 Å². The van der Waals surface area contributed by atoms with E-state index in [1.807, 2.05) is 25.1 Å². The average Bonchev–Trinajstić information content (AvgIpc) is 3.04. The monoisotopic (exact) mass is 294 g/mol. The van der Waals surface area contributed by atoms with E-state index in [-0.39, 0.29) is 0 Å². The first-order valence-corrected chi connectivity index (χ1v) is 7.36. The molecule has 0 radical (unpaired) electrons. The van der Waals surface area contributed by atoms with E-state index >= 15 is 0 Å². The van der Waals surface area contributed by atoms with E-state index in [1.54, 1.807) is 12.4 Å². The molecule has 3 aromatic rings. The number of aryl methyl sites for hydroxylation is 2. The summed E-state index contributed by atoms with van der Waals surface area (Å²) in [6.07, 6.45) is 5.23. The summed E-state index contributed by atoms with van der Waals surface area (Å²) in [6, 6.07) is 10.3. The predicted molar refractivity (Wildman–Crippen MR) is 85.4 cm³/mol. The highest BCUT2D eigenvalue weighted by atomic mass is 15.2. The molecule has 3 rings (SSSR count). The van der Waals surface area contributed by atoms with Gasteiger partial charge in [-0.2, -0.15) is 5.10 Å². The van der Waals surface area contributed by atoms with Crippen molar-refractivity contribution in [1.29, 1.82) is 0 Å². The quantitative estimate of drug-likeness (QED) is 0.730. The molecule has 2 N–H and O–H groups in total. The van der Waals surface area contributed by atoms with Gasteiger partial charge in [0.15, 0.2) is 5.82 Å². The number of nitrogens with one attached hydrogen (secondary N) is 2. The third kappa shape index (κ3) is 3.46. The average molecular weight is 294 g/mol. The molecule has 0 saturated carbocycles. The SMILES string of the molecule is CCNc1ncc(-c2n[nH]c(CCc3ccccc3)n2)cn1. The molecule has 22 heavy (non-hydrogen) atoms. The molecule has 1 aromatic carbocycles. The van der Waals surface area contributed by atoms with Gasteiger partial charge in [-0.05, 0) is 18.9 Å². The zero-order chi connectivity index (χ0) is 15.2. The number of nitrogens with zero attached hydrogens (tertiary/aromatic N) is 4. The maximum absolute atomic E-state index is 4.50. The molecule has 0 fully saturated rings. The Balaban J connectivity index is 1.65. The lowest BCUT2D eigenvalue weighted by Gasteiger charge is -2.00. The molecule has 112 valence electrons. The highest BCUT2D eigenvalue weighted by Gasteiger charge is 2.07. The topological polar surface area (TPSA) is 79.4 Å². The molecule has 2 heterocycles. The van der Waals surface area contributed by atoms with E-state index in [0.29, 0.717) is 11.8 Å². The van der Waals surface area contributed by atoms with Gasteiger partial charge in [0.2, 0.25) is 5.95 Å². The minimum atomic E-state index is 0.617. The minimum absolute atomic E-state index is 0.617. The molecule has 0 aliphatic carbocycles. The van der Waals surface area contributed by atoms with Crippen LogP contribution in [0.5, 0.6) is 0 Å². The van der Waals surface area contributed by atoms with Gasteiger partial charge < -0.3 is 5.32 Å². The van der Waals surface area contributed by atoms with Crippen LogP contribution in [0.1, 0.15) is 18.3 Å². The van der Waals surface area contributed by atoms with Gasteiger partial charge in [-0.3, -0.25) is 5.10 Å². The first-order chi connectivity index (χ1) is 10.8. The summed E-state index contributed by atoms with van der Waals surface area (Å²) in [5, 5.41) is 10.3. The Bertz CT molecular complexity index is 705. The second-order valence-electron chi connectivity index (χ2n) is 4.92. The Morgan fingerprint density at radius 2 is 1.82 bits per heavy atom. The maximum atomic E-state index is 4.50. The molecule has 0 aliphatic rings. The third-order valence-electron chi connectivity index (χ3n) is 3.27. The van der Waals surface area contributed by atoms with Crippen LogP contribution in [0.15, 0.2) is 42.7 Å². The maximum Gasteiger partial charge on any atom is 0.222 e. The van der Waals surface area contributed by atoms with Crippen molar-refractivity contribution in [1.82, 2.24) is 25.1 Å². The van der Waals surface area contributed by atoms with Gasteiger partial charge in [0.05, 0.1) is 5.56 Å². The van der Waals surface area contributed by atoms with Gasteiger partial charge in [-0.25, -0.2) is 15.0 Å². The lowest BCUT2D eigenvalue weighted by molar-refractivity contribution is 0.865. The van der Waals surface area contributed by atoms with E-state index in [9.17, 15) is 0 Å². The zero-order valence-corrected chi connectivity index (χ0v) is 12.5. The molecule has 2 aromatic heterocycles. The number of benzene rings is 1.